The Morgan fingerprint density at radius 3 is 2.53 bits per heavy atom. The maximum Gasteiger partial charge on any atom is 0.223 e. The van der Waals surface area contributed by atoms with Crippen molar-refractivity contribution in [1.82, 2.24) is 4.90 Å². The first-order valence-corrected chi connectivity index (χ1v) is 5.94. The highest BCUT2D eigenvalue weighted by atomic mass is 16.2. The lowest BCUT2D eigenvalue weighted by atomic mass is 10.0. The molecule has 0 saturated carbocycles. The van der Waals surface area contributed by atoms with Gasteiger partial charge in [-0.25, -0.2) is 0 Å². The van der Waals surface area contributed by atoms with Crippen LogP contribution in [0.2, 0.25) is 0 Å². The smallest absolute Gasteiger partial charge is 0.223 e. The molecule has 1 aromatic carbocycles. The minimum absolute atomic E-state index is 0.0491. The lowest BCUT2D eigenvalue weighted by molar-refractivity contribution is -0.129. The SMILES string of the molecule is CC(=O)[C@@H]1CC(=O)N(C(C)c2ccccc2)C1. The highest BCUT2D eigenvalue weighted by Gasteiger charge is 2.35. The maximum atomic E-state index is 11.9. The molecule has 1 aliphatic heterocycles. The zero-order valence-corrected chi connectivity index (χ0v) is 10.2. The second kappa shape index (κ2) is 4.70. The number of hydrogen-bond donors (Lipinski definition) is 0. The van der Waals surface area contributed by atoms with Crippen LogP contribution in [0.15, 0.2) is 30.3 Å². The molecule has 2 atom stereocenters. The summed E-state index contributed by atoms with van der Waals surface area (Å²) in [6.45, 7) is 4.13. The summed E-state index contributed by atoms with van der Waals surface area (Å²) >= 11 is 0. The van der Waals surface area contributed by atoms with Crippen LogP contribution >= 0.6 is 0 Å². The third-order valence-electron chi connectivity index (χ3n) is 3.48. The summed E-state index contributed by atoms with van der Waals surface area (Å²) < 4.78 is 0. The zero-order chi connectivity index (χ0) is 12.4. The number of rotatable bonds is 3. The van der Waals surface area contributed by atoms with Gasteiger partial charge < -0.3 is 4.90 Å². The first kappa shape index (κ1) is 11.8. The fourth-order valence-electron chi connectivity index (χ4n) is 2.29. The molecule has 1 fully saturated rings. The van der Waals surface area contributed by atoms with E-state index < -0.39 is 0 Å². The van der Waals surface area contributed by atoms with Gasteiger partial charge in [0.05, 0.1) is 6.04 Å². The van der Waals surface area contributed by atoms with E-state index in [4.69, 9.17) is 0 Å². The van der Waals surface area contributed by atoms with Gasteiger partial charge in [-0.15, -0.1) is 0 Å². The number of carbonyl (C=O) groups is 2. The van der Waals surface area contributed by atoms with Crippen LogP contribution in [0.1, 0.15) is 31.9 Å². The van der Waals surface area contributed by atoms with Gasteiger partial charge in [0, 0.05) is 18.9 Å². The fourth-order valence-corrected chi connectivity index (χ4v) is 2.29. The van der Waals surface area contributed by atoms with Gasteiger partial charge in [0.2, 0.25) is 5.91 Å². The average Bonchev–Trinajstić information content (AvgIpc) is 2.72. The minimum atomic E-state index is -0.117. The van der Waals surface area contributed by atoms with Crippen LogP contribution in [-0.4, -0.2) is 23.1 Å². The molecule has 0 spiro atoms. The predicted octanol–water partition coefficient (Wildman–Crippen LogP) is 2.19. The lowest BCUT2D eigenvalue weighted by Gasteiger charge is -2.25. The molecule has 1 aliphatic rings. The summed E-state index contributed by atoms with van der Waals surface area (Å²) in [5, 5.41) is 0. The standard InChI is InChI=1S/C14H17NO2/c1-10(12-6-4-3-5-7-12)15-9-13(11(2)16)8-14(15)17/h3-7,10,13H,8-9H2,1-2H3/t10?,13-/m1/s1. The molecule has 1 saturated heterocycles. The summed E-state index contributed by atoms with van der Waals surface area (Å²) in [5.41, 5.74) is 1.12. The van der Waals surface area contributed by atoms with Crippen LogP contribution in [0, 0.1) is 5.92 Å². The normalized spacial score (nSPS) is 21.6. The van der Waals surface area contributed by atoms with Crippen LogP contribution in [0.5, 0.6) is 0 Å². The van der Waals surface area contributed by atoms with Crippen molar-refractivity contribution in [3.05, 3.63) is 35.9 Å². The van der Waals surface area contributed by atoms with Crippen molar-refractivity contribution in [2.24, 2.45) is 5.92 Å². The van der Waals surface area contributed by atoms with Gasteiger partial charge in [-0.1, -0.05) is 30.3 Å². The highest BCUT2D eigenvalue weighted by molar-refractivity contribution is 5.89. The molecular weight excluding hydrogens is 214 g/mol. The Morgan fingerprint density at radius 1 is 1.35 bits per heavy atom. The third-order valence-corrected chi connectivity index (χ3v) is 3.48. The molecule has 0 aromatic heterocycles. The van der Waals surface area contributed by atoms with E-state index in [1.54, 1.807) is 11.8 Å². The quantitative estimate of drug-likeness (QED) is 0.799. The number of likely N-dealkylation sites (tertiary alicyclic amines) is 1. The molecule has 0 aliphatic carbocycles. The Hall–Kier alpha value is -1.64. The predicted molar refractivity (Wildman–Crippen MR) is 65.4 cm³/mol. The number of amides is 1. The van der Waals surface area contributed by atoms with Crippen molar-refractivity contribution in [1.29, 1.82) is 0 Å². The molecule has 0 N–H and O–H groups in total. The average molecular weight is 231 g/mol. The molecule has 3 nitrogen and oxygen atoms in total. The number of benzene rings is 1. The molecule has 1 heterocycles. The number of nitrogens with zero attached hydrogens (tertiary/aromatic N) is 1. The first-order valence-electron chi connectivity index (χ1n) is 5.94. The Bertz CT molecular complexity index is 427. The van der Waals surface area contributed by atoms with E-state index >= 15 is 0 Å². The van der Waals surface area contributed by atoms with Crippen molar-refractivity contribution >= 4 is 11.7 Å². The number of ketones is 1. The number of Topliss-reactive ketones (excluding diaryl/α,β-unsaturated/α-hetero) is 1. The van der Waals surface area contributed by atoms with Gasteiger partial charge in [-0.2, -0.15) is 0 Å². The maximum absolute atomic E-state index is 11.9. The van der Waals surface area contributed by atoms with E-state index in [0.29, 0.717) is 13.0 Å². The van der Waals surface area contributed by atoms with E-state index in [-0.39, 0.29) is 23.7 Å². The van der Waals surface area contributed by atoms with Crippen molar-refractivity contribution in [3.63, 3.8) is 0 Å². The van der Waals surface area contributed by atoms with Crippen LogP contribution in [-0.2, 0) is 9.59 Å². The van der Waals surface area contributed by atoms with Crippen LogP contribution in [0.4, 0.5) is 0 Å². The van der Waals surface area contributed by atoms with E-state index in [9.17, 15) is 9.59 Å². The van der Waals surface area contributed by atoms with Gasteiger partial charge in [0.1, 0.15) is 5.78 Å². The van der Waals surface area contributed by atoms with Gasteiger partial charge in [0.15, 0.2) is 0 Å². The minimum Gasteiger partial charge on any atom is -0.335 e. The number of hydrogen-bond acceptors (Lipinski definition) is 2. The molecular formula is C14H17NO2. The molecule has 1 amide bonds. The van der Waals surface area contributed by atoms with Gasteiger partial charge >= 0.3 is 0 Å². The Labute approximate surface area is 101 Å². The fraction of sp³-hybridized carbons (Fsp3) is 0.429. The summed E-state index contributed by atoms with van der Waals surface area (Å²) in [6.07, 6.45) is 0.368. The van der Waals surface area contributed by atoms with Crippen molar-refractivity contribution < 1.29 is 9.59 Å². The zero-order valence-electron chi connectivity index (χ0n) is 10.2. The second-order valence-corrected chi connectivity index (χ2v) is 4.64. The van der Waals surface area contributed by atoms with Crippen molar-refractivity contribution in [2.45, 2.75) is 26.3 Å². The van der Waals surface area contributed by atoms with E-state index in [1.165, 1.54) is 0 Å². The van der Waals surface area contributed by atoms with Crippen LogP contribution in [0.25, 0.3) is 0 Å². The lowest BCUT2D eigenvalue weighted by Crippen LogP contribution is -2.29. The molecule has 2 rings (SSSR count). The largest absolute Gasteiger partial charge is 0.335 e. The molecule has 0 radical (unpaired) electrons. The van der Waals surface area contributed by atoms with Gasteiger partial charge in [0.25, 0.3) is 0 Å². The Morgan fingerprint density at radius 2 is 2.00 bits per heavy atom. The van der Waals surface area contributed by atoms with Crippen molar-refractivity contribution in [2.75, 3.05) is 6.54 Å². The summed E-state index contributed by atoms with van der Waals surface area (Å²) in [7, 11) is 0. The first-order chi connectivity index (χ1) is 8.09. The second-order valence-electron chi connectivity index (χ2n) is 4.64. The Kier molecular flexibility index (Phi) is 3.27. The highest BCUT2D eigenvalue weighted by Crippen LogP contribution is 2.28. The molecule has 17 heavy (non-hydrogen) atoms. The van der Waals surface area contributed by atoms with E-state index in [2.05, 4.69) is 0 Å². The molecule has 1 aromatic rings. The van der Waals surface area contributed by atoms with E-state index in [0.717, 1.165) is 5.56 Å². The molecule has 0 bridgehead atoms. The number of carbonyl (C=O) groups excluding carboxylic acids is 2. The summed E-state index contributed by atoms with van der Waals surface area (Å²) in [4.78, 5) is 25.0. The summed E-state index contributed by atoms with van der Waals surface area (Å²) in [6, 6.07) is 9.97. The van der Waals surface area contributed by atoms with Gasteiger partial charge in [-0.05, 0) is 19.4 Å². The van der Waals surface area contributed by atoms with E-state index in [1.807, 2.05) is 37.3 Å². The monoisotopic (exact) mass is 231 g/mol. The third kappa shape index (κ3) is 2.38. The molecule has 90 valence electrons. The van der Waals surface area contributed by atoms with Crippen LogP contribution < -0.4 is 0 Å². The van der Waals surface area contributed by atoms with Crippen LogP contribution in [0.3, 0.4) is 0 Å². The Balaban J connectivity index is 2.14. The van der Waals surface area contributed by atoms with Gasteiger partial charge in [-0.3, -0.25) is 9.59 Å². The topological polar surface area (TPSA) is 37.4 Å². The summed E-state index contributed by atoms with van der Waals surface area (Å²) in [5.74, 6) is 0.0799. The van der Waals surface area contributed by atoms with Crippen molar-refractivity contribution in [3.8, 4) is 0 Å². The molecule has 1 unspecified atom stereocenters. The molecule has 3 heteroatoms.